The molecule has 1 unspecified atom stereocenters. The van der Waals surface area contributed by atoms with E-state index in [4.69, 9.17) is 0 Å². The molecule has 130 valence electrons. The number of amides is 1. The van der Waals surface area contributed by atoms with Crippen LogP contribution in [0.4, 0.5) is 10.1 Å². The average Bonchev–Trinajstić information content (AvgIpc) is 3.34. The summed E-state index contributed by atoms with van der Waals surface area (Å²) in [6.45, 7) is 3.01. The lowest BCUT2D eigenvalue weighted by Crippen LogP contribution is -2.56. The summed E-state index contributed by atoms with van der Waals surface area (Å²) in [4.78, 5) is 16.5. The maximum atomic E-state index is 13.9. The van der Waals surface area contributed by atoms with E-state index in [1.165, 1.54) is 24.0 Å². The zero-order valence-corrected chi connectivity index (χ0v) is 13.8. The van der Waals surface area contributed by atoms with E-state index in [1.807, 2.05) is 15.9 Å². The highest BCUT2D eigenvalue weighted by molar-refractivity contribution is 5.82. The molecule has 3 aliphatic rings. The first kappa shape index (κ1) is 15.8. The van der Waals surface area contributed by atoms with Crippen LogP contribution >= 0.6 is 0 Å². The minimum absolute atomic E-state index is 0.0150. The summed E-state index contributed by atoms with van der Waals surface area (Å²) in [7, 11) is 0. The first-order valence-electron chi connectivity index (χ1n) is 8.82. The molecule has 0 bridgehead atoms. The lowest BCUT2D eigenvalue weighted by molar-refractivity contribution is -0.179. The van der Waals surface area contributed by atoms with Gasteiger partial charge in [0.25, 0.3) is 0 Å². The standard InChI is InChI=1S/C18H24FN3O2/c19-14-3-1-2-4-15(14)20-9-11-21(12-10-20)17(23)16-5-6-18(7-8-18)13-22(16)24/h1-4,16,24H,5-13H2. The Morgan fingerprint density at radius 1 is 1.12 bits per heavy atom. The molecule has 5 nitrogen and oxygen atoms in total. The number of benzene rings is 1. The zero-order chi connectivity index (χ0) is 16.7. The van der Waals surface area contributed by atoms with Crippen molar-refractivity contribution in [3.05, 3.63) is 30.1 Å². The van der Waals surface area contributed by atoms with Crippen LogP contribution in [0.1, 0.15) is 25.7 Å². The van der Waals surface area contributed by atoms with Gasteiger partial charge in [-0.25, -0.2) is 4.39 Å². The summed E-state index contributed by atoms with van der Waals surface area (Å²) >= 11 is 0. The number of halogens is 1. The SMILES string of the molecule is O=C(C1CCC2(CC2)CN1O)N1CCN(c2ccccc2F)CC1. The highest BCUT2D eigenvalue weighted by atomic mass is 19.1. The minimum Gasteiger partial charge on any atom is -0.366 e. The smallest absolute Gasteiger partial charge is 0.242 e. The van der Waals surface area contributed by atoms with Crippen molar-refractivity contribution in [2.24, 2.45) is 5.41 Å². The molecule has 1 aromatic rings. The molecule has 4 rings (SSSR count). The molecule has 0 radical (unpaired) electrons. The lowest BCUT2D eigenvalue weighted by Gasteiger charge is -2.41. The largest absolute Gasteiger partial charge is 0.366 e. The van der Waals surface area contributed by atoms with Crippen LogP contribution in [0, 0.1) is 11.2 Å². The average molecular weight is 333 g/mol. The Bertz CT molecular complexity index is 626. The van der Waals surface area contributed by atoms with Crippen molar-refractivity contribution < 1.29 is 14.4 Å². The molecule has 0 aromatic heterocycles. The van der Waals surface area contributed by atoms with Gasteiger partial charge in [0.2, 0.25) is 5.91 Å². The van der Waals surface area contributed by atoms with E-state index in [2.05, 4.69) is 0 Å². The predicted octanol–water partition coefficient (Wildman–Crippen LogP) is 2.11. The van der Waals surface area contributed by atoms with Crippen LogP contribution in [0.2, 0.25) is 0 Å². The third kappa shape index (κ3) is 2.89. The molecule has 6 heteroatoms. The van der Waals surface area contributed by atoms with Gasteiger partial charge in [-0.3, -0.25) is 4.79 Å². The molecule has 1 atom stereocenters. The second-order valence-electron chi connectivity index (χ2n) is 7.42. The number of hydroxylamine groups is 2. The van der Waals surface area contributed by atoms with Crippen LogP contribution in [0.3, 0.4) is 0 Å². The first-order valence-corrected chi connectivity index (χ1v) is 8.82. The number of hydrogen-bond donors (Lipinski definition) is 1. The molecule has 1 aliphatic carbocycles. The zero-order valence-electron chi connectivity index (χ0n) is 13.8. The van der Waals surface area contributed by atoms with E-state index in [-0.39, 0.29) is 17.1 Å². The van der Waals surface area contributed by atoms with E-state index >= 15 is 0 Å². The van der Waals surface area contributed by atoms with Gasteiger partial charge in [-0.1, -0.05) is 12.1 Å². The minimum atomic E-state index is -0.406. The van der Waals surface area contributed by atoms with Gasteiger partial charge in [0.05, 0.1) is 5.69 Å². The molecule has 1 spiro atoms. The Hall–Kier alpha value is -1.66. The summed E-state index contributed by atoms with van der Waals surface area (Å²) in [5, 5.41) is 11.5. The molecule has 1 amide bonds. The van der Waals surface area contributed by atoms with E-state index in [0.717, 1.165) is 12.8 Å². The molecule has 2 heterocycles. The van der Waals surface area contributed by atoms with Gasteiger partial charge >= 0.3 is 0 Å². The summed E-state index contributed by atoms with van der Waals surface area (Å²) in [5.41, 5.74) is 0.886. The Kier molecular flexibility index (Phi) is 3.96. The van der Waals surface area contributed by atoms with Crippen LogP contribution in [0.15, 0.2) is 24.3 Å². The second kappa shape index (κ2) is 6.01. The fraction of sp³-hybridized carbons (Fsp3) is 0.611. The Labute approximate surface area is 141 Å². The van der Waals surface area contributed by atoms with Gasteiger partial charge in [0.1, 0.15) is 11.9 Å². The van der Waals surface area contributed by atoms with E-state index in [9.17, 15) is 14.4 Å². The third-order valence-electron chi connectivity index (χ3n) is 5.83. The van der Waals surface area contributed by atoms with Crippen LogP contribution in [-0.4, -0.2) is 59.8 Å². The van der Waals surface area contributed by atoms with E-state index < -0.39 is 6.04 Å². The number of para-hydroxylation sites is 1. The van der Waals surface area contributed by atoms with Crippen molar-refractivity contribution in [2.75, 3.05) is 37.6 Å². The van der Waals surface area contributed by atoms with Crippen molar-refractivity contribution in [1.29, 1.82) is 0 Å². The fourth-order valence-electron chi connectivity index (χ4n) is 4.05. The maximum Gasteiger partial charge on any atom is 0.242 e. The molecule has 24 heavy (non-hydrogen) atoms. The summed E-state index contributed by atoms with van der Waals surface area (Å²) in [5.74, 6) is -0.206. The quantitative estimate of drug-likeness (QED) is 0.900. The maximum absolute atomic E-state index is 13.9. The molecule has 1 aromatic carbocycles. The summed E-state index contributed by atoms with van der Waals surface area (Å²) in [6, 6.07) is 6.35. The molecular formula is C18H24FN3O2. The van der Waals surface area contributed by atoms with Crippen molar-refractivity contribution in [3.63, 3.8) is 0 Å². The Balaban J connectivity index is 1.35. The summed E-state index contributed by atoms with van der Waals surface area (Å²) < 4.78 is 13.9. The van der Waals surface area contributed by atoms with Gasteiger partial charge in [-0.15, -0.1) is 0 Å². The van der Waals surface area contributed by atoms with E-state index in [1.54, 1.807) is 12.1 Å². The van der Waals surface area contributed by atoms with Crippen molar-refractivity contribution in [2.45, 2.75) is 31.7 Å². The number of hydrogen-bond acceptors (Lipinski definition) is 4. The number of anilines is 1. The number of rotatable bonds is 2. The van der Waals surface area contributed by atoms with Gasteiger partial charge in [0.15, 0.2) is 0 Å². The number of carbonyl (C=O) groups excluding carboxylic acids is 1. The van der Waals surface area contributed by atoms with Crippen molar-refractivity contribution in [1.82, 2.24) is 9.96 Å². The Morgan fingerprint density at radius 3 is 2.46 bits per heavy atom. The fourth-order valence-corrected chi connectivity index (χ4v) is 4.05. The monoisotopic (exact) mass is 333 g/mol. The van der Waals surface area contributed by atoms with Gasteiger partial charge < -0.3 is 15.0 Å². The van der Waals surface area contributed by atoms with Crippen LogP contribution in [0.25, 0.3) is 0 Å². The molecule has 3 fully saturated rings. The first-order chi connectivity index (χ1) is 11.6. The normalized spacial score (nSPS) is 26.7. The molecular weight excluding hydrogens is 309 g/mol. The van der Waals surface area contributed by atoms with Crippen LogP contribution in [0.5, 0.6) is 0 Å². The summed E-state index contributed by atoms with van der Waals surface area (Å²) in [6.07, 6.45) is 4.12. The predicted molar refractivity (Wildman–Crippen MR) is 88.4 cm³/mol. The number of carbonyl (C=O) groups is 1. The van der Waals surface area contributed by atoms with Crippen LogP contribution in [-0.2, 0) is 4.79 Å². The number of piperazine rings is 1. The van der Waals surface area contributed by atoms with Crippen molar-refractivity contribution >= 4 is 11.6 Å². The molecule has 2 saturated heterocycles. The topological polar surface area (TPSA) is 47.0 Å². The van der Waals surface area contributed by atoms with E-state index in [0.29, 0.717) is 38.4 Å². The lowest BCUT2D eigenvalue weighted by atomic mass is 9.91. The van der Waals surface area contributed by atoms with Gasteiger partial charge in [0, 0.05) is 32.7 Å². The molecule has 2 aliphatic heterocycles. The Morgan fingerprint density at radius 2 is 1.83 bits per heavy atom. The number of piperidine rings is 1. The highest BCUT2D eigenvalue weighted by Crippen LogP contribution is 2.52. The van der Waals surface area contributed by atoms with Crippen molar-refractivity contribution in [3.8, 4) is 0 Å². The van der Waals surface area contributed by atoms with Gasteiger partial charge in [-0.2, -0.15) is 5.06 Å². The highest BCUT2D eigenvalue weighted by Gasteiger charge is 2.49. The molecule has 1 saturated carbocycles. The third-order valence-corrected chi connectivity index (χ3v) is 5.83. The van der Waals surface area contributed by atoms with Crippen LogP contribution < -0.4 is 4.90 Å². The van der Waals surface area contributed by atoms with Gasteiger partial charge in [-0.05, 0) is 43.2 Å². The second-order valence-corrected chi connectivity index (χ2v) is 7.42. The molecule has 1 N–H and O–H groups in total. The number of nitrogens with zero attached hydrogens (tertiary/aromatic N) is 3.